The zero-order valence-electron chi connectivity index (χ0n) is 21.7. The lowest BCUT2D eigenvalue weighted by molar-refractivity contribution is 0.102. The average molecular weight is 529 g/mol. The van der Waals surface area contributed by atoms with Crippen molar-refractivity contribution < 1.29 is 14.3 Å². The molecule has 0 atom stereocenters. The highest BCUT2D eigenvalue weighted by atomic mass is 32.1. The molecular formula is C30H32N4O3S. The molecule has 0 aliphatic carbocycles. The van der Waals surface area contributed by atoms with Gasteiger partial charge in [-0.2, -0.15) is 0 Å². The van der Waals surface area contributed by atoms with Crippen molar-refractivity contribution >= 4 is 28.6 Å². The summed E-state index contributed by atoms with van der Waals surface area (Å²) < 4.78 is 10.8. The number of methoxy groups -OCH3 is 1. The summed E-state index contributed by atoms with van der Waals surface area (Å²) in [6, 6.07) is 19.5. The topological polar surface area (TPSA) is 66.9 Å². The van der Waals surface area contributed by atoms with Crippen LogP contribution in [-0.4, -0.2) is 55.7 Å². The molecular weight excluding hydrogens is 496 g/mol. The SMILES string of the molecule is CCOc1cncc(-c2csc(CN3CCN(c4ccc(C(=O)Nc5ccc(OC)cc5)cc4)CC3)c2)c1. The quantitative estimate of drug-likeness (QED) is 0.297. The van der Waals surface area contributed by atoms with E-state index in [1.54, 1.807) is 24.6 Å². The summed E-state index contributed by atoms with van der Waals surface area (Å²) in [6.07, 6.45) is 3.64. The molecule has 1 fully saturated rings. The van der Waals surface area contributed by atoms with Crippen LogP contribution in [0.15, 0.2) is 78.4 Å². The second kappa shape index (κ2) is 12.1. The highest BCUT2D eigenvalue weighted by Crippen LogP contribution is 2.29. The Morgan fingerprint density at radius 1 is 0.947 bits per heavy atom. The molecule has 2 aromatic carbocycles. The summed E-state index contributed by atoms with van der Waals surface area (Å²) in [4.78, 5) is 23.2. The predicted molar refractivity (Wildman–Crippen MR) is 154 cm³/mol. The second-order valence-electron chi connectivity index (χ2n) is 9.14. The summed E-state index contributed by atoms with van der Waals surface area (Å²) >= 11 is 1.79. The minimum absolute atomic E-state index is 0.123. The van der Waals surface area contributed by atoms with E-state index in [0.717, 1.165) is 61.2 Å². The number of pyridine rings is 1. The Morgan fingerprint density at radius 2 is 1.71 bits per heavy atom. The highest BCUT2D eigenvalue weighted by Gasteiger charge is 2.19. The van der Waals surface area contributed by atoms with Crippen LogP contribution in [0.2, 0.25) is 0 Å². The van der Waals surface area contributed by atoms with Crippen LogP contribution in [0.5, 0.6) is 11.5 Å². The van der Waals surface area contributed by atoms with Gasteiger partial charge in [-0.3, -0.25) is 14.7 Å². The van der Waals surface area contributed by atoms with Gasteiger partial charge >= 0.3 is 0 Å². The first-order valence-corrected chi connectivity index (χ1v) is 13.7. The van der Waals surface area contributed by atoms with Gasteiger partial charge in [0.1, 0.15) is 11.5 Å². The number of amides is 1. The minimum atomic E-state index is -0.123. The van der Waals surface area contributed by atoms with Gasteiger partial charge in [0.25, 0.3) is 5.91 Å². The number of hydrogen-bond acceptors (Lipinski definition) is 7. The average Bonchev–Trinajstić information content (AvgIpc) is 3.43. The van der Waals surface area contributed by atoms with Gasteiger partial charge in [-0.15, -0.1) is 11.3 Å². The molecule has 1 saturated heterocycles. The monoisotopic (exact) mass is 528 g/mol. The maximum Gasteiger partial charge on any atom is 0.255 e. The van der Waals surface area contributed by atoms with Crippen molar-refractivity contribution in [1.82, 2.24) is 9.88 Å². The van der Waals surface area contributed by atoms with E-state index in [9.17, 15) is 4.79 Å². The Labute approximate surface area is 227 Å². The highest BCUT2D eigenvalue weighted by molar-refractivity contribution is 7.10. The lowest BCUT2D eigenvalue weighted by Crippen LogP contribution is -2.45. The Morgan fingerprint density at radius 3 is 2.42 bits per heavy atom. The van der Waals surface area contributed by atoms with E-state index >= 15 is 0 Å². The zero-order chi connectivity index (χ0) is 26.3. The Balaban J connectivity index is 1.12. The third-order valence-electron chi connectivity index (χ3n) is 6.61. The van der Waals surface area contributed by atoms with Crippen molar-refractivity contribution in [3.8, 4) is 22.6 Å². The van der Waals surface area contributed by atoms with Gasteiger partial charge < -0.3 is 19.7 Å². The van der Waals surface area contributed by atoms with Gasteiger partial charge in [0.2, 0.25) is 0 Å². The van der Waals surface area contributed by atoms with E-state index in [-0.39, 0.29) is 5.91 Å². The number of anilines is 2. The Hall–Kier alpha value is -3.88. The molecule has 38 heavy (non-hydrogen) atoms. The summed E-state index contributed by atoms with van der Waals surface area (Å²) in [7, 11) is 1.62. The molecule has 8 heteroatoms. The molecule has 0 unspecified atom stereocenters. The first-order chi connectivity index (χ1) is 18.6. The van der Waals surface area contributed by atoms with Gasteiger partial charge in [-0.1, -0.05) is 0 Å². The van der Waals surface area contributed by atoms with E-state index < -0.39 is 0 Å². The molecule has 3 heterocycles. The lowest BCUT2D eigenvalue weighted by Gasteiger charge is -2.36. The van der Waals surface area contributed by atoms with Crippen LogP contribution in [0.25, 0.3) is 11.1 Å². The number of piperazine rings is 1. The first kappa shape index (κ1) is 25.8. The molecule has 1 aliphatic heterocycles. The fraction of sp³-hybridized carbons (Fsp3) is 0.267. The summed E-state index contributed by atoms with van der Waals surface area (Å²) in [5.41, 5.74) is 4.80. The fourth-order valence-corrected chi connectivity index (χ4v) is 5.46. The van der Waals surface area contributed by atoms with Gasteiger partial charge in [-0.25, -0.2) is 0 Å². The molecule has 1 amide bonds. The van der Waals surface area contributed by atoms with Crippen LogP contribution < -0.4 is 19.7 Å². The number of benzene rings is 2. The number of aromatic nitrogens is 1. The van der Waals surface area contributed by atoms with E-state index in [2.05, 4.69) is 37.6 Å². The maximum atomic E-state index is 12.6. The normalized spacial score (nSPS) is 13.8. The second-order valence-corrected chi connectivity index (χ2v) is 10.1. The number of nitrogens with zero attached hydrogens (tertiary/aromatic N) is 3. The van der Waals surface area contributed by atoms with Gasteiger partial charge in [0.05, 0.1) is 19.9 Å². The van der Waals surface area contributed by atoms with Gasteiger partial charge in [-0.05, 0) is 78.5 Å². The standard InChI is InChI=1S/C30H32N4O3S/c1-3-37-28-16-23(18-31-19-28)24-17-29(38-21-24)20-33-12-14-34(15-13-33)26-8-4-22(5-9-26)30(35)32-25-6-10-27(36-2)11-7-25/h4-11,16-19,21H,3,12-15,20H2,1-2H3,(H,32,35). The lowest BCUT2D eigenvalue weighted by atomic mass is 10.1. The van der Waals surface area contributed by atoms with Gasteiger partial charge in [0, 0.05) is 66.3 Å². The van der Waals surface area contributed by atoms with Crippen LogP contribution >= 0.6 is 11.3 Å². The molecule has 1 aliphatic rings. The molecule has 2 aromatic heterocycles. The number of rotatable bonds is 9. The molecule has 5 rings (SSSR count). The van der Waals surface area contributed by atoms with E-state index in [1.165, 1.54) is 10.4 Å². The smallest absolute Gasteiger partial charge is 0.255 e. The van der Waals surface area contributed by atoms with Crippen molar-refractivity contribution in [2.75, 3.05) is 50.1 Å². The van der Waals surface area contributed by atoms with Crippen LogP contribution in [0.4, 0.5) is 11.4 Å². The van der Waals surface area contributed by atoms with Crippen LogP contribution in [0, 0.1) is 0 Å². The van der Waals surface area contributed by atoms with Crippen molar-refractivity contribution in [1.29, 1.82) is 0 Å². The molecule has 1 N–H and O–H groups in total. The number of hydrogen-bond donors (Lipinski definition) is 1. The van der Waals surface area contributed by atoms with Crippen LogP contribution in [0.1, 0.15) is 22.2 Å². The van der Waals surface area contributed by atoms with Crippen molar-refractivity contribution in [2.45, 2.75) is 13.5 Å². The Bertz CT molecular complexity index is 1350. The number of ether oxygens (including phenoxy) is 2. The van der Waals surface area contributed by atoms with Crippen molar-refractivity contribution in [3.63, 3.8) is 0 Å². The third kappa shape index (κ3) is 6.33. The largest absolute Gasteiger partial charge is 0.497 e. The number of carbonyl (C=O) groups excluding carboxylic acids is 1. The predicted octanol–water partition coefficient (Wildman–Crippen LogP) is 5.79. The third-order valence-corrected chi connectivity index (χ3v) is 7.53. The first-order valence-electron chi connectivity index (χ1n) is 12.8. The maximum absolute atomic E-state index is 12.6. The van der Waals surface area contributed by atoms with Crippen LogP contribution in [0.3, 0.4) is 0 Å². The molecule has 0 bridgehead atoms. The van der Waals surface area contributed by atoms with E-state index in [0.29, 0.717) is 12.2 Å². The van der Waals surface area contributed by atoms with Crippen LogP contribution in [-0.2, 0) is 6.54 Å². The Kier molecular flexibility index (Phi) is 8.21. The summed E-state index contributed by atoms with van der Waals surface area (Å²) in [6.45, 7) is 7.46. The molecule has 0 saturated carbocycles. The number of carbonyl (C=O) groups is 1. The molecule has 0 spiro atoms. The van der Waals surface area contributed by atoms with Gasteiger partial charge in [0.15, 0.2) is 0 Å². The van der Waals surface area contributed by atoms with E-state index in [4.69, 9.17) is 9.47 Å². The van der Waals surface area contributed by atoms with E-state index in [1.807, 2.05) is 61.7 Å². The molecule has 4 aromatic rings. The fourth-order valence-electron chi connectivity index (χ4n) is 4.52. The number of nitrogens with one attached hydrogen (secondary N) is 1. The molecule has 0 radical (unpaired) electrons. The molecule has 7 nitrogen and oxygen atoms in total. The zero-order valence-corrected chi connectivity index (χ0v) is 22.5. The summed E-state index contributed by atoms with van der Waals surface area (Å²) in [5, 5.41) is 5.13. The van der Waals surface area contributed by atoms with Crippen molar-refractivity contribution in [2.24, 2.45) is 0 Å². The summed E-state index contributed by atoms with van der Waals surface area (Å²) in [5.74, 6) is 1.44. The number of thiophene rings is 1. The van der Waals surface area contributed by atoms with Crippen molar-refractivity contribution in [3.05, 3.63) is 88.9 Å². The minimum Gasteiger partial charge on any atom is -0.497 e. The molecule has 196 valence electrons.